The fourth-order valence-corrected chi connectivity index (χ4v) is 1.87. The summed E-state index contributed by atoms with van der Waals surface area (Å²) in [7, 11) is 1.53. The van der Waals surface area contributed by atoms with Crippen LogP contribution in [0.5, 0.6) is 5.75 Å². The van der Waals surface area contributed by atoms with Crippen LogP contribution in [0.15, 0.2) is 30.5 Å². The number of benzene rings is 1. The van der Waals surface area contributed by atoms with Gasteiger partial charge in [0, 0.05) is 18.8 Å². The van der Waals surface area contributed by atoms with Gasteiger partial charge in [0.1, 0.15) is 11.6 Å². The molecule has 0 fully saturated rings. The maximum atomic E-state index is 11.6. The molecule has 2 rings (SSSR count). The second-order valence-electron chi connectivity index (χ2n) is 4.94. The number of nitrogen functional groups attached to an aromatic ring is 1. The molecule has 3 N–H and O–H groups in total. The molecule has 0 radical (unpaired) electrons. The van der Waals surface area contributed by atoms with E-state index in [2.05, 4.69) is 22.2 Å². The number of rotatable bonds is 5. The molecule has 1 aromatic heterocycles. The second-order valence-corrected chi connectivity index (χ2v) is 4.94. The lowest BCUT2D eigenvalue weighted by Crippen LogP contribution is -2.20. The van der Waals surface area contributed by atoms with Crippen LogP contribution in [-0.2, 0) is 0 Å². The van der Waals surface area contributed by atoms with E-state index >= 15 is 0 Å². The molecular formula is C16H20N4O2. The highest BCUT2D eigenvalue weighted by Gasteiger charge is 2.12. The van der Waals surface area contributed by atoms with E-state index in [1.807, 2.05) is 31.2 Å². The first-order chi connectivity index (χ1) is 10.5. The zero-order chi connectivity index (χ0) is 16.1. The number of nitrogens with one attached hydrogen (secondary N) is 1. The molecule has 0 saturated carbocycles. The highest BCUT2D eigenvalue weighted by molar-refractivity contribution is 5.98. The van der Waals surface area contributed by atoms with Crippen molar-refractivity contribution >= 4 is 11.7 Å². The molecule has 116 valence electrons. The Morgan fingerprint density at radius 3 is 2.86 bits per heavy atom. The minimum atomic E-state index is -0.307. The predicted octanol–water partition coefficient (Wildman–Crippen LogP) is 2.26. The number of carbonyl (C=O) groups is 1. The van der Waals surface area contributed by atoms with Crippen LogP contribution in [0.1, 0.15) is 30.6 Å². The molecule has 6 heteroatoms. The maximum Gasteiger partial charge on any atom is 0.256 e. The van der Waals surface area contributed by atoms with E-state index in [4.69, 9.17) is 10.5 Å². The molecule has 1 amide bonds. The summed E-state index contributed by atoms with van der Waals surface area (Å²) in [5, 5.41) is 2.50. The topological polar surface area (TPSA) is 90.1 Å². The SMILES string of the molecule is CCC(C)Oc1cccc(-c2ncc(C(=O)NC)c(N)n2)c1. The Hall–Kier alpha value is -2.63. The van der Waals surface area contributed by atoms with Gasteiger partial charge in [-0.3, -0.25) is 4.79 Å². The van der Waals surface area contributed by atoms with Gasteiger partial charge in [-0.2, -0.15) is 0 Å². The second kappa shape index (κ2) is 6.89. The standard InChI is InChI=1S/C16H20N4O2/c1-4-10(2)22-12-7-5-6-11(8-12)15-19-9-13(14(17)20-15)16(21)18-3/h5-10H,4H2,1-3H3,(H,18,21)(H2,17,19,20). The van der Waals surface area contributed by atoms with Crippen LogP contribution in [0, 0.1) is 0 Å². The molecule has 1 heterocycles. The van der Waals surface area contributed by atoms with Crippen molar-refractivity contribution in [3.63, 3.8) is 0 Å². The molecular weight excluding hydrogens is 280 g/mol. The third kappa shape index (κ3) is 3.52. The number of nitrogens with two attached hydrogens (primary N) is 1. The van der Waals surface area contributed by atoms with Crippen LogP contribution < -0.4 is 15.8 Å². The molecule has 2 aromatic rings. The first-order valence-corrected chi connectivity index (χ1v) is 7.16. The Labute approximate surface area is 129 Å². The Balaban J connectivity index is 2.30. The fourth-order valence-electron chi connectivity index (χ4n) is 1.87. The number of anilines is 1. The van der Waals surface area contributed by atoms with Gasteiger partial charge in [-0.1, -0.05) is 19.1 Å². The number of hydrogen-bond acceptors (Lipinski definition) is 5. The van der Waals surface area contributed by atoms with Crippen molar-refractivity contribution in [2.75, 3.05) is 12.8 Å². The Kier molecular flexibility index (Phi) is 4.93. The van der Waals surface area contributed by atoms with Gasteiger partial charge in [0.25, 0.3) is 5.91 Å². The molecule has 6 nitrogen and oxygen atoms in total. The monoisotopic (exact) mass is 300 g/mol. The van der Waals surface area contributed by atoms with Crippen LogP contribution in [0.2, 0.25) is 0 Å². The fraction of sp³-hybridized carbons (Fsp3) is 0.312. The van der Waals surface area contributed by atoms with Gasteiger partial charge in [-0.05, 0) is 25.5 Å². The summed E-state index contributed by atoms with van der Waals surface area (Å²) in [6.07, 6.45) is 2.49. The normalized spacial score (nSPS) is 11.8. The zero-order valence-corrected chi connectivity index (χ0v) is 13.0. The first kappa shape index (κ1) is 15.8. The Morgan fingerprint density at radius 1 is 1.45 bits per heavy atom. The van der Waals surface area contributed by atoms with Crippen molar-refractivity contribution in [3.8, 4) is 17.1 Å². The first-order valence-electron chi connectivity index (χ1n) is 7.16. The lowest BCUT2D eigenvalue weighted by Gasteiger charge is -2.13. The van der Waals surface area contributed by atoms with Crippen molar-refractivity contribution in [1.29, 1.82) is 0 Å². The molecule has 1 aromatic carbocycles. The van der Waals surface area contributed by atoms with Crippen LogP contribution in [0.4, 0.5) is 5.82 Å². The van der Waals surface area contributed by atoms with Crippen LogP contribution in [0.3, 0.4) is 0 Å². The molecule has 1 atom stereocenters. The third-order valence-electron chi connectivity index (χ3n) is 3.29. The van der Waals surface area contributed by atoms with E-state index in [1.54, 1.807) is 0 Å². The molecule has 0 aliphatic carbocycles. The van der Waals surface area contributed by atoms with Gasteiger partial charge in [-0.25, -0.2) is 9.97 Å². The maximum absolute atomic E-state index is 11.6. The molecule has 0 saturated heterocycles. The largest absolute Gasteiger partial charge is 0.491 e. The van der Waals surface area contributed by atoms with Crippen LogP contribution in [0.25, 0.3) is 11.4 Å². The van der Waals surface area contributed by atoms with E-state index < -0.39 is 0 Å². The van der Waals surface area contributed by atoms with Gasteiger partial charge >= 0.3 is 0 Å². The minimum absolute atomic E-state index is 0.136. The smallest absolute Gasteiger partial charge is 0.256 e. The summed E-state index contributed by atoms with van der Waals surface area (Å²) < 4.78 is 5.78. The summed E-state index contributed by atoms with van der Waals surface area (Å²) >= 11 is 0. The van der Waals surface area contributed by atoms with Gasteiger partial charge in [-0.15, -0.1) is 0 Å². The number of ether oxygens (including phenoxy) is 1. The minimum Gasteiger partial charge on any atom is -0.491 e. The van der Waals surface area contributed by atoms with Gasteiger partial charge in [0.15, 0.2) is 5.82 Å². The highest BCUT2D eigenvalue weighted by atomic mass is 16.5. The van der Waals surface area contributed by atoms with Gasteiger partial charge in [0.2, 0.25) is 0 Å². The van der Waals surface area contributed by atoms with Crippen molar-refractivity contribution in [1.82, 2.24) is 15.3 Å². The van der Waals surface area contributed by atoms with E-state index in [-0.39, 0.29) is 23.4 Å². The molecule has 0 aliphatic rings. The zero-order valence-electron chi connectivity index (χ0n) is 13.0. The number of carbonyl (C=O) groups excluding carboxylic acids is 1. The third-order valence-corrected chi connectivity index (χ3v) is 3.29. The van der Waals surface area contributed by atoms with E-state index in [0.29, 0.717) is 5.82 Å². The number of hydrogen-bond donors (Lipinski definition) is 2. The van der Waals surface area contributed by atoms with E-state index in [0.717, 1.165) is 17.7 Å². The molecule has 22 heavy (non-hydrogen) atoms. The number of amides is 1. The predicted molar refractivity (Wildman–Crippen MR) is 85.7 cm³/mol. The van der Waals surface area contributed by atoms with Gasteiger partial charge < -0.3 is 15.8 Å². The van der Waals surface area contributed by atoms with E-state index in [9.17, 15) is 4.79 Å². The van der Waals surface area contributed by atoms with Crippen molar-refractivity contribution in [2.24, 2.45) is 0 Å². The summed E-state index contributed by atoms with van der Waals surface area (Å²) in [5.74, 6) is 1.06. The van der Waals surface area contributed by atoms with Gasteiger partial charge in [0.05, 0.1) is 11.7 Å². The van der Waals surface area contributed by atoms with Crippen molar-refractivity contribution < 1.29 is 9.53 Å². The molecule has 0 bridgehead atoms. The van der Waals surface area contributed by atoms with Crippen molar-refractivity contribution in [2.45, 2.75) is 26.4 Å². The molecule has 1 unspecified atom stereocenters. The molecule has 0 spiro atoms. The van der Waals surface area contributed by atoms with Crippen LogP contribution >= 0.6 is 0 Å². The quantitative estimate of drug-likeness (QED) is 0.884. The summed E-state index contributed by atoms with van der Waals surface area (Å²) in [4.78, 5) is 20.0. The average molecular weight is 300 g/mol. The van der Waals surface area contributed by atoms with E-state index in [1.165, 1.54) is 13.2 Å². The summed E-state index contributed by atoms with van der Waals surface area (Å²) in [5.41, 5.74) is 6.88. The lowest BCUT2D eigenvalue weighted by atomic mass is 10.2. The number of nitrogens with zero attached hydrogens (tertiary/aromatic N) is 2. The van der Waals surface area contributed by atoms with Crippen LogP contribution in [-0.4, -0.2) is 29.0 Å². The highest BCUT2D eigenvalue weighted by Crippen LogP contribution is 2.23. The lowest BCUT2D eigenvalue weighted by molar-refractivity contribution is 0.0963. The molecule has 0 aliphatic heterocycles. The number of aromatic nitrogens is 2. The summed E-state index contributed by atoms with van der Waals surface area (Å²) in [6.45, 7) is 4.08. The summed E-state index contributed by atoms with van der Waals surface area (Å²) in [6, 6.07) is 7.50. The average Bonchev–Trinajstić information content (AvgIpc) is 2.54. The Bertz CT molecular complexity index is 673. The van der Waals surface area contributed by atoms with Crippen molar-refractivity contribution in [3.05, 3.63) is 36.0 Å². The Morgan fingerprint density at radius 2 is 2.23 bits per heavy atom.